The first-order chi connectivity index (χ1) is 12.6. The van der Waals surface area contributed by atoms with Crippen molar-refractivity contribution in [3.05, 3.63) is 36.5 Å². The molecule has 0 bridgehead atoms. The van der Waals surface area contributed by atoms with Gasteiger partial charge in [-0.15, -0.1) is 0 Å². The van der Waals surface area contributed by atoms with Crippen LogP contribution in [0.1, 0.15) is 71.1 Å². The molecular formula is C21H35NO4. The van der Waals surface area contributed by atoms with Gasteiger partial charge in [0, 0.05) is 6.42 Å². The highest BCUT2D eigenvalue weighted by molar-refractivity contribution is 5.83. The minimum Gasteiger partial charge on any atom is -0.480 e. The minimum absolute atomic E-state index is 0.309. The van der Waals surface area contributed by atoms with E-state index in [1.54, 1.807) is 0 Å². The van der Waals surface area contributed by atoms with Crippen LogP contribution in [0.4, 0.5) is 0 Å². The average Bonchev–Trinajstić information content (AvgIpc) is 2.62. The van der Waals surface area contributed by atoms with E-state index in [1.807, 2.05) is 0 Å². The van der Waals surface area contributed by atoms with Gasteiger partial charge in [0.2, 0.25) is 5.91 Å². The number of unbranched alkanes of at least 4 members (excludes halogenated alkanes) is 5. The molecule has 5 nitrogen and oxygen atoms in total. The smallest absolute Gasteiger partial charge is 0.328 e. The average molecular weight is 366 g/mol. The molecule has 148 valence electrons. The number of rotatable bonds is 16. The normalized spacial score (nSPS) is 13.0. The predicted octanol–water partition coefficient (Wildman–Crippen LogP) is 4.14. The Morgan fingerprint density at radius 1 is 0.885 bits per heavy atom. The molecule has 0 aromatic heterocycles. The number of aliphatic hydroxyl groups excluding tert-OH is 1. The monoisotopic (exact) mass is 365 g/mol. The fourth-order valence-corrected chi connectivity index (χ4v) is 2.36. The van der Waals surface area contributed by atoms with Gasteiger partial charge in [-0.25, -0.2) is 4.79 Å². The lowest BCUT2D eigenvalue weighted by atomic mass is 10.1. The first-order valence-electron chi connectivity index (χ1n) is 9.69. The first-order valence-corrected chi connectivity index (χ1v) is 9.69. The lowest BCUT2D eigenvalue weighted by Gasteiger charge is -2.11. The second kappa shape index (κ2) is 17.9. The number of allylic oxidation sites excluding steroid dienone is 6. The number of amides is 1. The zero-order valence-electron chi connectivity index (χ0n) is 16.0. The van der Waals surface area contributed by atoms with Crippen molar-refractivity contribution in [3.63, 3.8) is 0 Å². The van der Waals surface area contributed by atoms with Crippen LogP contribution >= 0.6 is 0 Å². The van der Waals surface area contributed by atoms with E-state index in [9.17, 15) is 9.59 Å². The Hall–Kier alpha value is -1.88. The highest BCUT2D eigenvalue weighted by Gasteiger charge is 2.17. The molecule has 0 spiro atoms. The lowest BCUT2D eigenvalue weighted by Crippen LogP contribution is -2.43. The Bertz CT molecular complexity index is 455. The number of carboxylic acids is 1. The number of hydrogen-bond donors (Lipinski definition) is 3. The van der Waals surface area contributed by atoms with E-state index in [-0.39, 0.29) is 5.91 Å². The summed E-state index contributed by atoms with van der Waals surface area (Å²) in [5.41, 5.74) is 0. The number of nitrogens with one attached hydrogen (secondary N) is 1. The second-order valence-corrected chi connectivity index (χ2v) is 6.24. The Kier molecular flexibility index (Phi) is 16.6. The van der Waals surface area contributed by atoms with Crippen LogP contribution < -0.4 is 5.32 Å². The molecule has 0 aromatic carbocycles. The van der Waals surface area contributed by atoms with Crippen LogP contribution in [0.25, 0.3) is 0 Å². The van der Waals surface area contributed by atoms with Gasteiger partial charge in [0.15, 0.2) is 0 Å². The highest BCUT2D eigenvalue weighted by atomic mass is 16.4. The minimum atomic E-state index is -1.21. The summed E-state index contributed by atoms with van der Waals surface area (Å²) in [6, 6.07) is -1.20. The van der Waals surface area contributed by atoms with E-state index in [2.05, 4.69) is 48.7 Å². The topological polar surface area (TPSA) is 86.6 Å². The molecule has 0 rings (SSSR count). The van der Waals surface area contributed by atoms with Gasteiger partial charge in [0.25, 0.3) is 0 Å². The zero-order chi connectivity index (χ0) is 19.5. The lowest BCUT2D eigenvalue weighted by molar-refractivity contribution is -0.142. The van der Waals surface area contributed by atoms with E-state index in [0.717, 1.165) is 57.8 Å². The summed E-state index contributed by atoms with van der Waals surface area (Å²) >= 11 is 0. The molecule has 1 atom stereocenters. The number of hydrogen-bond acceptors (Lipinski definition) is 3. The Morgan fingerprint density at radius 2 is 1.46 bits per heavy atom. The summed E-state index contributed by atoms with van der Waals surface area (Å²) in [4.78, 5) is 22.2. The maximum absolute atomic E-state index is 11.5. The van der Waals surface area contributed by atoms with Crippen molar-refractivity contribution < 1.29 is 19.8 Å². The van der Waals surface area contributed by atoms with Crippen LogP contribution in [0.2, 0.25) is 0 Å². The molecule has 5 heteroatoms. The van der Waals surface area contributed by atoms with Crippen molar-refractivity contribution in [1.29, 1.82) is 0 Å². The van der Waals surface area contributed by atoms with Crippen molar-refractivity contribution >= 4 is 11.9 Å². The van der Waals surface area contributed by atoms with Crippen molar-refractivity contribution in [2.24, 2.45) is 0 Å². The number of carbonyl (C=O) groups is 2. The maximum atomic E-state index is 11.5. The highest BCUT2D eigenvalue weighted by Crippen LogP contribution is 2.08. The molecule has 0 unspecified atom stereocenters. The largest absolute Gasteiger partial charge is 0.480 e. The number of aliphatic hydroxyl groups is 1. The van der Waals surface area contributed by atoms with Crippen LogP contribution in [0.5, 0.6) is 0 Å². The van der Waals surface area contributed by atoms with E-state index in [0.29, 0.717) is 6.42 Å². The van der Waals surface area contributed by atoms with Gasteiger partial charge >= 0.3 is 5.97 Å². The van der Waals surface area contributed by atoms with Gasteiger partial charge in [0.05, 0.1) is 6.61 Å². The molecule has 26 heavy (non-hydrogen) atoms. The van der Waals surface area contributed by atoms with E-state index < -0.39 is 18.6 Å². The van der Waals surface area contributed by atoms with Crippen molar-refractivity contribution in [1.82, 2.24) is 5.32 Å². The molecule has 1 amide bonds. The summed E-state index contributed by atoms with van der Waals surface area (Å²) in [5, 5.41) is 19.9. The van der Waals surface area contributed by atoms with Gasteiger partial charge < -0.3 is 15.5 Å². The molecule has 0 aromatic rings. The fourth-order valence-electron chi connectivity index (χ4n) is 2.36. The summed E-state index contributed by atoms with van der Waals surface area (Å²) in [7, 11) is 0. The van der Waals surface area contributed by atoms with Crippen LogP contribution in [-0.2, 0) is 9.59 Å². The standard InChI is InChI=1S/C21H35NO4/c1-2-3-4-5-6-7-8-9-10-11-12-13-14-15-16-17-20(24)22-19(18-23)21(25)26/h3-4,6-7,9-10,19,23H,2,5,8,11-18H2,1H3,(H,22,24)(H,25,26)/b4-3-,7-6-,10-9-/t19-/m1/s1. The van der Waals surface area contributed by atoms with Gasteiger partial charge in [0.1, 0.15) is 6.04 Å². The SMILES string of the molecule is CC/C=C\C/C=C\C/C=C\CCCCCCCC(=O)N[C@H](CO)C(=O)O. The molecule has 0 saturated carbocycles. The molecule has 0 fully saturated rings. The second-order valence-electron chi connectivity index (χ2n) is 6.24. The van der Waals surface area contributed by atoms with Gasteiger partial charge in [-0.3, -0.25) is 4.79 Å². The van der Waals surface area contributed by atoms with Crippen molar-refractivity contribution in [2.75, 3.05) is 6.61 Å². The Labute approximate surface area is 157 Å². The van der Waals surface area contributed by atoms with Gasteiger partial charge in [-0.05, 0) is 38.5 Å². The third-order valence-corrected chi connectivity index (χ3v) is 3.87. The molecule has 0 aliphatic rings. The van der Waals surface area contributed by atoms with E-state index in [4.69, 9.17) is 10.2 Å². The van der Waals surface area contributed by atoms with Crippen LogP contribution in [0.15, 0.2) is 36.5 Å². The third kappa shape index (κ3) is 15.6. The Balaban J connectivity index is 3.48. The molecule has 0 radical (unpaired) electrons. The maximum Gasteiger partial charge on any atom is 0.328 e. The molecule has 3 N–H and O–H groups in total. The summed E-state index contributed by atoms with van der Waals surface area (Å²) in [5.74, 6) is -1.52. The van der Waals surface area contributed by atoms with Crippen LogP contribution in [0.3, 0.4) is 0 Å². The number of carbonyl (C=O) groups excluding carboxylic acids is 1. The molecular weight excluding hydrogens is 330 g/mol. The van der Waals surface area contributed by atoms with Crippen LogP contribution in [-0.4, -0.2) is 34.7 Å². The quantitative estimate of drug-likeness (QED) is 0.283. The van der Waals surface area contributed by atoms with Gasteiger partial charge in [-0.1, -0.05) is 62.6 Å². The van der Waals surface area contributed by atoms with Gasteiger partial charge in [-0.2, -0.15) is 0 Å². The molecule has 0 aliphatic carbocycles. The van der Waals surface area contributed by atoms with E-state index >= 15 is 0 Å². The summed E-state index contributed by atoms with van der Waals surface area (Å²) < 4.78 is 0. The first kappa shape index (κ1) is 24.1. The number of aliphatic carboxylic acids is 1. The third-order valence-electron chi connectivity index (χ3n) is 3.87. The Morgan fingerprint density at radius 3 is 2.08 bits per heavy atom. The molecule has 0 saturated heterocycles. The van der Waals surface area contributed by atoms with E-state index in [1.165, 1.54) is 0 Å². The fraction of sp³-hybridized carbons (Fsp3) is 0.619. The van der Waals surface area contributed by atoms with Crippen LogP contribution in [0, 0.1) is 0 Å². The summed E-state index contributed by atoms with van der Waals surface area (Å²) in [6.45, 7) is 1.55. The predicted molar refractivity (Wildman–Crippen MR) is 106 cm³/mol. The van der Waals surface area contributed by atoms with Crippen molar-refractivity contribution in [3.8, 4) is 0 Å². The van der Waals surface area contributed by atoms with Crippen molar-refractivity contribution in [2.45, 2.75) is 77.2 Å². The number of carboxylic acid groups (broad SMARTS) is 1. The molecule has 0 aliphatic heterocycles. The summed E-state index contributed by atoms with van der Waals surface area (Å²) in [6.07, 6.45) is 22.7. The zero-order valence-corrected chi connectivity index (χ0v) is 16.0. The molecule has 0 heterocycles.